The van der Waals surface area contributed by atoms with Crippen molar-refractivity contribution in [2.75, 3.05) is 6.61 Å². The first-order chi connectivity index (χ1) is 17.5. The smallest absolute Gasteiger partial charge is 0.307 e. The molecule has 4 aromatic rings. The summed E-state index contributed by atoms with van der Waals surface area (Å²) in [7, 11) is 0. The maximum Gasteiger partial charge on any atom is 0.307 e. The lowest BCUT2D eigenvalue weighted by Gasteiger charge is -2.12. The second-order valence-electron chi connectivity index (χ2n) is 8.87. The molecule has 1 atom stereocenters. The Bertz CT molecular complexity index is 1380. The van der Waals surface area contributed by atoms with Gasteiger partial charge in [0.1, 0.15) is 12.4 Å². The normalized spacial score (nSPS) is 11.7. The monoisotopic (exact) mass is 481 g/mol. The van der Waals surface area contributed by atoms with Crippen LogP contribution in [0.15, 0.2) is 66.9 Å². The molecule has 6 heteroatoms. The Morgan fingerprint density at radius 2 is 1.72 bits per heavy atom. The van der Waals surface area contributed by atoms with E-state index in [0.717, 1.165) is 28.1 Å². The summed E-state index contributed by atoms with van der Waals surface area (Å²) in [6.45, 7) is 8.70. The van der Waals surface area contributed by atoms with Gasteiger partial charge in [0.2, 0.25) is 0 Å². The zero-order chi connectivity index (χ0) is 25.5. The van der Waals surface area contributed by atoms with Crippen LogP contribution in [-0.4, -0.2) is 27.2 Å². The number of rotatable bonds is 9. The van der Waals surface area contributed by atoms with Crippen molar-refractivity contribution >= 4 is 11.6 Å². The number of hydrogen-bond acceptors (Lipinski definition) is 5. The van der Waals surface area contributed by atoms with Crippen LogP contribution >= 0.6 is 0 Å². The van der Waals surface area contributed by atoms with Crippen LogP contribution in [0.1, 0.15) is 62.6 Å². The first-order valence-corrected chi connectivity index (χ1v) is 12.2. The molecule has 0 saturated carbocycles. The standard InChI is InChI=1S/C30H31N3O3/c1-5-7-26(18-29(34)35-6-2)24-13-15-27(16-14-24)36-20-22-8-17-28-31-30(32-33(28)19-22)25-11-9-23(10-12-25)21(3)4/h8-17,19,21,26H,6,18,20H2,1-4H3/t26-/m0/s1. The fraction of sp³-hybridized carbons (Fsp3) is 0.300. The zero-order valence-corrected chi connectivity index (χ0v) is 21.2. The average Bonchev–Trinajstić information content (AvgIpc) is 3.31. The molecule has 0 spiro atoms. The maximum atomic E-state index is 11.9. The Labute approximate surface area is 212 Å². The van der Waals surface area contributed by atoms with Crippen molar-refractivity contribution in [3.63, 3.8) is 0 Å². The summed E-state index contributed by atoms with van der Waals surface area (Å²) in [6.07, 6.45) is 2.17. The van der Waals surface area contributed by atoms with Gasteiger partial charge in [0.05, 0.1) is 18.9 Å². The Morgan fingerprint density at radius 1 is 1.00 bits per heavy atom. The highest BCUT2D eigenvalue weighted by atomic mass is 16.5. The lowest BCUT2D eigenvalue weighted by molar-refractivity contribution is -0.143. The first-order valence-electron chi connectivity index (χ1n) is 12.2. The van der Waals surface area contributed by atoms with Gasteiger partial charge in [-0.1, -0.05) is 62.2 Å². The topological polar surface area (TPSA) is 65.7 Å². The van der Waals surface area contributed by atoms with Gasteiger partial charge in [-0.25, -0.2) is 9.50 Å². The summed E-state index contributed by atoms with van der Waals surface area (Å²) < 4.78 is 12.9. The van der Waals surface area contributed by atoms with Gasteiger partial charge in [-0.05, 0) is 49.1 Å². The van der Waals surface area contributed by atoms with E-state index >= 15 is 0 Å². The van der Waals surface area contributed by atoms with Gasteiger partial charge < -0.3 is 9.47 Å². The van der Waals surface area contributed by atoms with Crippen molar-refractivity contribution in [3.8, 4) is 29.0 Å². The summed E-state index contributed by atoms with van der Waals surface area (Å²) in [5.74, 6) is 7.48. The summed E-state index contributed by atoms with van der Waals surface area (Å²) in [5.41, 5.74) is 5.02. The van der Waals surface area contributed by atoms with Crippen molar-refractivity contribution in [1.82, 2.24) is 14.6 Å². The highest BCUT2D eigenvalue weighted by Crippen LogP contribution is 2.24. The van der Waals surface area contributed by atoms with Crippen molar-refractivity contribution in [2.45, 2.75) is 52.6 Å². The van der Waals surface area contributed by atoms with Crippen LogP contribution in [0.3, 0.4) is 0 Å². The minimum Gasteiger partial charge on any atom is -0.489 e. The molecule has 0 aliphatic rings. The summed E-state index contributed by atoms with van der Waals surface area (Å²) in [5, 5.41) is 4.66. The molecule has 0 aliphatic heterocycles. The molecule has 6 nitrogen and oxygen atoms in total. The molecule has 0 fully saturated rings. The third-order valence-corrected chi connectivity index (χ3v) is 5.91. The number of esters is 1. The van der Waals surface area contributed by atoms with E-state index in [9.17, 15) is 4.79 Å². The summed E-state index contributed by atoms with van der Waals surface area (Å²) in [6, 6.07) is 20.0. The molecule has 0 N–H and O–H groups in total. The van der Waals surface area contributed by atoms with Gasteiger partial charge in [0.25, 0.3) is 0 Å². The molecule has 2 aromatic carbocycles. The van der Waals surface area contributed by atoms with Crippen molar-refractivity contribution in [3.05, 3.63) is 83.6 Å². The van der Waals surface area contributed by atoms with Crippen molar-refractivity contribution < 1.29 is 14.3 Å². The van der Waals surface area contributed by atoms with E-state index in [-0.39, 0.29) is 18.3 Å². The average molecular weight is 482 g/mol. The Morgan fingerprint density at radius 3 is 2.39 bits per heavy atom. The number of fused-ring (bicyclic) bond motifs is 1. The lowest BCUT2D eigenvalue weighted by atomic mass is 9.96. The molecule has 4 rings (SSSR count). The van der Waals surface area contributed by atoms with Crippen LogP contribution in [-0.2, 0) is 16.1 Å². The van der Waals surface area contributed by atoms with Gasteiger partial charge in [-0.15, -0.1) is 11.0 Å². The largest absolute Gasteiger partial charge is 0.489 e. The van der Waals surface area contributed by atoms with Gasteiger partial charge in [-0.2, -0.15) is 0 Å². The third kappa shape index (κ3) is 6.11. The van der Waals surface area contributed by atoms with Crippen molar-refractivity contribution in [2.24, 2.45) is 0 Å². The zero-order valence-electron chi connectivity index (χ0n) is 21.2. The molecule has 0 radical (unpaired) electrons. The fourth-order valence-corrected chi connectivity index (χ4v) is 3.93. The first kappa shape index (κ1) is 25.0. The Balaban J connectivity index is 1.42. The number of nitrogens with zero attached hydrogens (tertiary/aromatic N) is 3. The molecule has 36 heavy (non-hydrogen) atoms. The number of carbonyl (C=O) groups is 1. The van der Waals surface area contributed by atoms with Gasteiger partial charge >= 0.3 is 5.97 Å². The molecule has 184 valence electrons. The second kappa shape index (κ2) is 11.5. The van der Waals surface area contributed by atoms with E-state index in [1.54, 1.807) is 18.4 Å². The van der Waals surface area contributed by atoms with Crippen LogP contribution < -0.4 is 4.74 Å². The Kier molecular flexibility index (Phi) is 8.02. The molecule has 0 bridgehead atoms. The summed E-state index contributed by atoms with van der Waals surface area (Å²) in [4.78, 5) is 16.6. The fourth-order valence-electron chi connectivity index (χ4n) is 3.93. The van der Waals surface area contributed by atoms with Crippen LogP contribution in [0.4, 0.5) is 0 Å². The van der Waals surface area contributed by atoms with E-state index < -0.39 is 0 Å². The predicted molar refractivity (Wildman–Crippen MR) is 141 cm³/mol. The van der Waals surface area contributed by atoms with Crippen molar-refractivity contribution in [1.29, 1.82) is 0 Å². The molecule has 0 aliphatic carbocycles. The van der Waals surface area contributed by atoms with Crippen LogP contribution in [0, 0.1) is 11.8 Å². The maximum absolute atomic E-state index is 11.9. The third-order valence-electron chi connectivity index (χ3n) is 5.91. The van der Waals surface area contributed by atoms with E-state index in [4.69, 9.17) is 9.47 Å². The van der Waals surface area contributed by atoms with Gasteiger partial charge in [0.15, 0.2) is 11.5 Å². The molecule has 2 heterocycles. The number of hydrogen-bond donors (Lipinski definition) is 0. The van der Waals surface area contributed by atoms with E-state index in [1.807, 2.05) is 42.6 Å². The minimum atomic E-state index is -0.246. The van der Waals surface area contributed by atoms with Gasteiger partial charge in [-0.3, -0.25) is 4.79 Å². The number of aromatic nitrogens is 3. The second-order valence-corrected chi connectivity index (χ2v) is 8.87. The highest BCUT2D eigenvalue weighted by Gasteiger charge is 2.15. The van der Waals surface area contributed by atoms with Gasteiger partial charge in [0, 0.05) is 17.3 Å². The molecular weight excluding hydrogens is 450 g/mol. The van der Waals surface area contributed by atoms with E-state index in [0.29, 0.717) is 25.0 Å². The number of benzene rings is 2. The molecule has 0 amide bonds. The Hall–Kier alpha value is -4.11. The number of ether oxygens (including phenoxy) is 2. The SMILES string of the molecule is CC#C[C@@H](CC(=O)OCC)c1ccc(OCc2ccc3nc(-c4ccc(C(C)C)cc4)nn3c2)cc1. The molecule has 0 unspecified atom stereocenters. The van der Waals surface area contributed by atoms with E-state index in [2.05, 4.69) is 60.0 Å². The summed E-state index contributed by atoms with van der Waals surface area (Å²) >= 11 is 0. The van der Waals surface area contributed by atoms with Crippen LogP contribution in [0.5, 0.6) is 5.75 Å². The number of pyridine rings is 1. The highest BCUT2D eigenvalue weighted by molar-refractivity contribution is 5.71. The lowest BCUT2D eigenvalue weighted by Crippen LogP contribution is -2.09. The molecule has 0 saturated heterocycles. The van der Waals surface area contributed by atoms with Crippen LogP contribution in [0.2, 0.25) is 0 Å². The van der Waals surface area contributed by atoms with E-state index in [1.165, 1.54) is 5.56 Å². The van der Waals surface area contributed by atoms with Crippen LogP contribution in [0.25, 0.3) is 17.0 Å². The molecular formula is C30H31N3O3. The number of carbonyl (C=O) groups excluding carboxylic acids is 1. The molecule has 2 aromatic heterocycles. The quantitative estimate of drug-likeness (QED) is 0.212. The minimum absolute atomic E-state index is 0.200. The predicted octanol–water partition coefficient (Wildman–Crippen LogP) is 6.16.